The van der Waals surface area contributed by atoms with Crippen LogP contribution in [0.5, 0.6) is 0 Å². The third kappa shape index (κ3) is 1.07. The number of hydrogen-bond acceptors (Lipinski definition) is 1. The van der Waals surface area contributed by atoms with Gasteiger partial charge < -0.3 is 0 Å². The Labute approximate surface area is 80.2 Å². The second-order valence-corrected chi connectivity index (χ2v) is 5.24. The van der Waals surface area contributed by atoms with Crippen LogP contribution in [0.15, 0.2) is 5.11 Å². The van der Waals surface area contributed by atoms with Crippen molar-refractivity contribution in [3.63, 3.8) is 0 Å². The molecule has 0 aromatic rings. The standard InChI is InChI=1S/C10H19N3/c1-6-9(4)7-8(2,3)10(9,5)12-13-11/h6-7H2,1-5H3. The van der Waals surface area contributed by atoms with Gasteiger partial charge in [-0.3, -0.25) is 0 Å². The van der Waals surface area contributed by atoms with Gasteiger partial charge in [0.2, 0.25) is 0 Å². The summed E-state index contributed by atoms with van der Waals surface area (Å²) in [7, 11) is 0. The van der Waals surface area contributed by atoms with Gasteiger partial charge in [-0.15, -0.1) is 0 Å². The van der Waals surface area contributed by atoms with Crippen LogP contribution >= 0.6 is 0 Å². The lowest BCUT2D eigenvalue weighted by atomic mass is 9.42. The molecule has 0 amide bonds. The quantitative estimate of drug-likeness (QED) is 0.352. The zero-order valence-electron chi connectivity index (χ0n) is 9.26. The topological polar surface area (TPSA) is 48.8 Å². The molecule has 0 saturated heterocycles. The first-order valence-corrected chi connectivity index (χ1v) is 4.89. The summed E-state index contributed by atoms with van der Waals surface area (Å²) in [5, 5.41) is 4.02. The Morgan fingerprint density at radius 1 is 1.31 bits per heavy atom. The molecule has 0 N–H and O–H groups in total. The van der Waals surface area contributed by atoms with Crippen molar-refractivity contribution in [2.45, 2.75) is 53.0 Å². The maximum Gasteiger partial charge on any atom is 0.0564 e. The first kappa shape index (κ1) is 10.4. The summed E-state index contributed by atoms with van der Waals surface area (Å²) in [5.41, 5.74) is 8.69. The van der Waals surface area contributed by atoms with Crippen LogP contribution in [0.3, 0.4) is 0 Å². The van der Waals surface area contributed by atoms with Crippen molar-refractivity contribution in [1.82, 2.24) is 0 Å². The molecular weight excluding hydrogens is 162 g/mol. The molecule has 3 nitrogen and oxygen atoms in total. The highest BCUT2D eigenvalue weighted by Crippen LogP contribution is 2.65. The monoisotopic (exact) mass is 181 g/mol. The Hall–Kier alpha value is -0.690. The summed E-state index contributed by atoms with van der Waals surface area (Å²) in [6, 6.07) is 0. The van der Waals surface area contributed by atoms with E-state index in [1.54, 1.807) is 0 Å². The van der Waals surface area contributed by atoms with E-state index >= 15 is 0 Å². The fourth-order valence-electron chi connectivity index (χ4n) is 2.84. The number of nitrogens with zero attached hydrogens (tertiary/aromatic N) is 3. The van der Waals surface area contributed by atoms with Crippen molar-refractivity contribution in [3.8, 4) is 0 Å². The molecular formula is C10H19N3. The Balaban J connectivity index is 3.07. The SMILES string of the molecule is CCC1(C)CC(C)(C)C1(C)N=[N+]=[N-]. The summed E-state index contributed by atoms with van der Waals surface area (Å²) < 4.78 is 0. The van der Waals surface area contributed by atoms with E-state index < -0.39 is 0 Å². The molecule has 1 fully saturated rings. The maximum atomic E-state index is 8.59. The molecule has 74 valence electrons. The Morgan fingerprint density at radius 2 is 1.85 bits per heavy atom. The summed E-state index contributed by atoms with van der Waals surface area (Å²) in [5.74, 6) is 0. The van der Waals surface area contributed by atoms with E-state index in [4.69, 9.17) is 5.53 Å². The van der Waals surface area contributed by atoms with Crippen LogP contribution in [0, 0.1) is 10.8 Å². The summed E-state index contributed by atoms with van der Waals surface area (Å²) in [6.45, 7) is 10.8. The molecule has 0 aliphatic heterocycles. The Kier molecular flexibility index (Phi) is 2.12. The average molecular weight is 181 g/mol. The Bertz CT molecular complexity index is 265. The first-order valence-electron chi connectivity index (χ1n) is 4.89. The van der Waals surface area contributed by atoms with Crippen LogP contribution in [0.25, 0.3) is 10.4 Å². The third-order valence-electron chi connectivity index (χ3n) is 4.35. The molecule has 0 radical (unpaired) electrons. The van der Waals surface area contributed by atoms with Gasteiger partial charge in [0.05, 0.1) is 5.54 Å². The van der Waals surface area contributed by atoms with Crippen LogP contribution < -0.4 is 0 Å². The van der Waals surface area contributed by atoms with Crippen molar-refractivity contribution in [2.24, 2.45) is 15.9 Å². The normalized spacial score (nSPS) is 41.9. The van der Waals surface area contributed by atoms with Gasteiger partial charge in [-0.1, -0.05) is 46.2 Å². The minimum Gasteiger partial charge on any atom is -0.0864 e. The molecule has 1 aliphatic rings. The predicted molar refractivity (Wildman–Crippen MR) is 54.3 cm³/mol. The van der Waals surface area contributed by atoms with Crippen molar-refractivity contribution in [1.29, 1.82) is 0 Å². The molecule has 1 saturated carbocycles. The molecule has 1 aliphatic carbocycles. The van der Waals surface area contributed by atoms with E-state index in [-0.39, 0.29) is 16.4 Å². The second kappa shape index (κ2) is 2.65. The van der Waals surface area contributed by atoms with Crippen molar-refractivity contribution >= 4 is 0 Å². The fraction of sp³-hybridized carbons (Fsp3) is 1.00. The molecule has 1 rings (SSSR count). The van der Waals surface area contributed by atoms with Crippen LogP contribution in [0.4, 0.5) is 0 Å². The zero-order chi connectivity index (χ0) is 10.3. The van der Waals surface area contributed by atoms with E-state index in [9.17, 15) is 0 Å². The highest BCUT2D eigenvalue weighted by Gasteiger charge is 2.63. The number of rotatable bonds is 2. The van der Waals surface area contributed by atoms with E-state index in [2.05, 4.69) is 44.6 Å². The van der Waals surface area contributed by atoms with Gasteiger partial charge in [0.1, 0.15) is 0 Å². The van der Waals surface area contributed by atoms with Gasteiger partial charge in [-0.2, -0.15) is 0 Å². The smallest absolute Gasteiger partial charge is 0.0564 e. The first-order chi connectivity index (χ1) is 5.83. The van der Waals surface area contributed by atoms with Gasteiger partial charge in [0.25, 0.3) is 0 Å². The number of azide groups is 1. The van der Waals surface area contributed by atoms with Crippen LogP contribution in [-0.2, 0) is 0 Å². The molecule has 0 spiro atoms. The summed E-state index contributed by atoms with van der Waals surface area (Å²) in [6.07, 6.45) is 2.22. The average Bonchev–Trinajstić information content (AvgIpc) is 2.03. The molecule has 0 aromatic carbocycles. The summed E-state index contributed by atoms with van der Waals surface area (Å²) >= 11 is 0. The van der Waals surface area contributed by atoms with Crippen LogP contribution in [0.2, 0.25) is 0 Å². The highest BCUT2D eigenvalue weighted by molar-refractivity contribution is 5.18. The van der Waals surface area contributed by atoms with Crippen LogP contribution in [-0.4, -0.2) is 5.54 Å². The Morgan fingerprint density at radius 3 is 2.15 bits per heavy atom. The molecule has 2 unspecified atom stereocenters. The molecule has 0 bridgehead atoms. The van der Waals surface area contributed by atoms with E-state index in [1.165, 1.54) is 0 Å². The van der Waals surface area contributed by atoms with Gasteiger partial charge in [-0.05, 0) is 22.8 Å². The van der Waals surface area contributed by atoms with Crippen molar-refractivity contribution < 1.29 is 0 Å². The lowest BCUT2D eigenvalue weighted by Gasteiger charge is -2.65. The second-order valence-electron chi connectivity index (χ2n) is 5.24. The van der Waals surface area contributed by atoms with Gasteiger partial charge >= 0.3 is 0 Å². The zero-order valence-corrected chi connectivity index (χ0v) is 9.26. The molecule has 0 aromatic heterocycles. The fourth-order valence-corrected chi connectivity index (χ4v) is 2.84. The third-order valence-corrected chi connectivity index (χ3v) is 4.35. The van der Waals surface area contributed by atoms with E-state index in [0.717, 1.165) is 12.8 Å². The highest BCUT2D eigenvalue weighted by atomic mass is 15.2. The minimum atomic E-state index is -0.219. The van der Waals surface area contributed by atoms with E-state index in [1.807, 2.05) is 0 Å². The van der Waals surface area contributed by atoms with Gasteiger partial charge in [0, 0.05) is 4.91 Å². The molecule has 13 heavy (non-hydrogen) atoms. The van der Waals surface area contributed by atoms with Gasteiger partial charge in [-0.25, -0.2) is 0 Å². The molecule has 0 heterocycles. The predicted octanol–water partition coefficient (Wildman–Crippen LogP) is 3.90. The molecule has 2 atom stereocenters. The van der Waals surface area contributed by atoms with Crippen molar-refractivity contribution in [2.75, 3.05) is 0 Å². The lowest BCUT2D eigenvalue weighted by Crippen LogP contribution is -2.64. The summed E-state index contributed by atoms with van der Waals surface area (Å²) in [4.78, 5) is 2.99. The maximum absolute atomic E-state index is 8.59. The number of hydrogen-bond donors (Lipinski definition) is 0. The molecule has 3 heteroatoms. The van der Waals surface area contributed by atoms with E-state index in [0.29, 0.717) is 0 Å². The van der Waals surface area contributed by atoms with Gasteiger partial charge in [0.15, 0.2) is 0 Å². The minimum absolute atomic E-state index is 0.143. The van der Waals surface area contributed by atoms with Crippen molar-refractivity contribution in [3.05, 3.63) is 10.4 Å². The largest absolute Gasteiger partial charge is 0.0864 e. The van der Waals surface area contributed by atoms with Crippen LogP contribution in [0.1, 0.15) is 47.5 Å². The lowest BCUT2D eigenvalue weighted by molar-refractivity contribution is -0.109.